The zero-order chi connectivity index (χ0) is 40.9. The molecule has 11 N–H and O–H groups in total. The number of nitrogen functional groups attached to an aromatic ring is 1. The van der Waals surface area contributed by atoms with Crippen molar-refractivity contribution in [2.24, 2.45) is 10.9 Å². The molecule has 0 saturated carbocycles. The number of nitrogens with one attached hydrogen (secondary N) is 3. The quantitative estimate of drug-likeness (QED) is 0.0380. The largest absolute Gasteiger partial charge is 0.507 e. The van der Waals surface area contributed by atoms with Gasteiger partial charge in [0, 0.05) is 35.6 Å². The third kappa shape index (κ3) is 9.03. The second kappa shape index (κ2) is 16.9. The predicted octanol–water partition coefficient (Wildman–Crippen LogP) is 0.158. The van der Waals surface area contributed by atoms with Crippen LogP contribution in [-0.4, -0.2) is 108 Å². The van der Waals surface area contributed by atoms with E-state index in [1.165, 1.54) is 49.5 Å². The van der Waals surface area contributed by atoms with E-state index in [0.29, 0.717) is 16.3 Å². The number of benzene rings is 1. The molecule has 1 saturated heterocycles. The molecule has 2 aromatic rings. The number of aliphatic carboxylic acids is 2. The van der Waals surface area contributed by atoms with Crippen molar-refractivity contribution in [3.63, 3.8) is 0 Å². The maximum absolute atomic E-state index is 13.6. The zero-order valence-electron chi connectivity index (χ0n) is 29.6. The van der Waals surface area contributed by atoms with Crippen LogP contribution < -0.4 is 32.0 Å². The summed E-state index contributed by atoms with van der Waals surface area (Å²) in [6.45, 7) is 2.72. The predicted molar refractivity (Wildman–Crippen MR) is 202 cm³/mol. The molecule has 0 radical (unpaired) electrons. The van der Waals surface area contributed by atoms with Crippen molar-refractivity contribution in [2.75, 3.05) is 29.9 Å². The maximum atomic E-state index is 13.6. The second-order valence-corrected chi connectivity index (χ2v) is 14.7. The van der Waals surface area contributed by atoms with Gasteiger partial charge in [0.2, 0.25) is 5.60 Å². The number of aromatic carboxylic acids is 1. The Bertz CT molecular complexity index is 2170. The Morgan fingerprint density at radius 2 is 1.88 bits per heavy atom. The summed E-state index contributed by atoms with van der Waals surface area (Å²) in [5, 5.41) is 51.8. The normalized spacial score (nSPS) is 18.1. The van der Waals surface area contributed by atoms with Gasteiger partial charge in [-0.25, -0.2) is 19.0 Å². The fourth-order valence-corrected chi connectivity index (χ4v) is 7.21. The monoisotopic (exact) mass is 810 g/mol. The number of β-lactam (4-membered cyclic amide) rings is 1. The molecule has 3 aliphatic rings. The molecule has 3 aliphatic heterocycles. The van der Waals surface area contributed by atoms with Gasteiger partial charge in [-0.15, -0.1) is 11.8 Å². The van der Waals surface area contributed by atoms with E-state index in [2.05, 4.69) is 26.1 Å². The smallest absolute Gasteiger partial charge is 0.352 e. The third-order valence-corrected chi connectivity index (χ3v) is 10.4. The highest BCUT2D eigenvalue weighted by Crippen LogP contribution is 2.40. The summed E-state index contributed by atoms with van der Waals surface area (Å²) in [6.07, 6.45) is 7.59. The summed E-state index contributed by atoms with van der Waals surface area (Å²) >= 11 is 2.30. The van der Waals surface area contributed by atoms with Crippen molar-refractivity contribution in [1.29, 1.82) is 0 Å². The van der Waals surface area contributed by atoms with Crippen LogP contribution in [0, 0.1) is 0 Å². The number of rotatable bonds is 15. The van der Waals surface area contributed by atoms with E-state index in [4.69, 9.17) is 16.3 Å². The first-order chi connectivity index (χ1) is 26.5. The number of fused-ring (bicyclic) bond motifs is 1. The molecular weight excluding hydrogens is 775 g/mol. The summed E-state index contributed by atoms with van der Waals surface area (Å²) in [5.74, 6) is -6.46. The highest BCUT2D eigenvalue weighted by atomic mass is 32.2. The number of hydrogen-bond acceptors (Lipinski definition) is 15. The van der Waals surface area contributed by atoms with E-state index in [1.54, 1.807) is 22.9 Å². The van der Waals surface area contributed by atoms with E-state index in [9.17, 15) is 49.2 Å². The topological polar surface area (TPSA) is 313 Å². The SMILES string of the molecule is CC(C)(O/N=C(\C(=O)N[C@@H]1C(=O)N2C(C(=O)O)=C(C[n+]3cnc(N)c(NCCNC(=O)c4ccc(O)c(C(=O)O)c4)c3)CSC12)C1=CSC(N)=CC=C1)C(=O)O. The van der Waals surface area contributed by atoms with E-state index < -0.39 is 64.0 Å². The molecule has 0 aliphatic carbocycles. The van der Waals surface area contributed by atoms with Crippen LogP contribution in [0.2, 0.25) is 0 Å². The van der Waals surface area contributed by atoms with Gasteiger partial charge in [0.1, 0.15) is 46.9 Å². The van der Waals surface area contributed by atoms with Crippen LogP contribution in [0.5, 0.6) is 5.75 Å². The van der Waals surface area contributed by atoms with Crippen LogP contribution in [0.25, 0.3) is 0 Å². The number of thioether (sulfide) groups is 2. The molecule has 1 unspecified atom stereocenters. The number of amides is 3. The minimum absolute atomic E-state index is 0.00352. The number of carboxylic acid groups (broad SMARTS) is 3. The molecule has 0 spiro atoms. The molecule has 294 valence electrons. The minimum atomic E-state index is -1.80. The lowest BCUT2D eigenvalue weighted by atomic mass is 10.0. The van der Waals surface area contributed by atoms with Crippen molar-refractivity contribution in [3.8, 4) is 5.75 Å². The Morgan fingerprint density at radius 3 is 2.57 bits per heavy atom. The summed E-state index contributed by atoms with van der Waals surface area (Å²) in [4.78, 5) is 85.5. The van der Waals surface area contributed by atoms with Gasteiger partial charge in [-0.1, -0.05) is 29.1 Å². The average Bonchev–Trinajstić information content (AvgIpc) is 3.37. The standard InChI is InChI=1S/C34H35N9O11S2/c1-34(2,33(52)53)54-41-23(17-4-3-5-22(35)55-13-17)28(46)40-24-29(47)43-25(32(50)51)18(14-56-30(24)43)11-42-12-20(26(36)39-15-42)37-8-9-38-27(45)16-6-7-21(44)19(10-16)31(48)49/h3-7,10,12-13,15,24,30,36-37H,8-9,11,14,35H2,1-2H3,(H6,38,40,44,45,46,48,49,50,51,52,53)/p+1/b41-23-/t24-,30?/m1/s1. The van der Waals surface area contributed by atoms with Gasteiger partial charge in [0.25, 0.3) is 29.9 Å². The maximum Gasteiger partial charge on any atom is 0.352 e. The first-order valence-electron chi connectivity index (χ1n) is 16.4. The van der Waals surface area contributed by atoms with Crippen LogP contribution in [0.3, 0.4) is 0 Å². The number of carbonyl (C=O) groups excluding carboxylic acids is 3. The van der Waals surface area contributed by atoms with E-state index in [-0.39, 0.29) is 53.8 Å². The van der Waals surface area contributed by atoms with Crippen LogP contribution in [-0.2, 0) is 30.6 Å². The van der Waals surface area contributed by atoms with E-state index in [1.807, 2.05) is 0 Å². The zero-order valence-corrected chi connectivity index (χ0v) is 31.2. The minimum Gasteiger partial charge on any atom is -0.507 e. The molecule has 20 nitrogen and oxygen atoms in total. The molecule has 4 heterocycles. The number of oxime groups is 1. The number of hydrogen-bond donors (Lipinski definition) is 9. The Hall–Kier alpha value is -6.55. The number of nitrogens with two attached hydrogens (primary N) is 2. The molecular formula is C34H36N9O11S2+. The molecule has 1 aromatic heterocycles. The van der Waals surface area contributed by atoms with Gasteiger partial charge < -0.3 is 52.7 Å². The lowest BCUT2D eigenvalue weighted by Crippen LogP contribution is -2.71. The first kappa shape index (κ1) is 40.6. The summed E-state index contributed by atoms with van der Waals surface area (Å²) in [6, 6.07) is 2.29. The van der Waals surface area contributed by atoms with Gasteiger partial charge in [-0.3, -0.25) is 19.3 Å². The summed E-state index contributed by atoms with van der Waals surface area (Å²) < 4.78 is 1.55. The number of phenols is 1. The third-order valence-electron chi connectivity index (χ3n) is 8.27. The average molecular weight is 811 g/mol. The fourth-order valence-electron chi connectivity index (χ4n) is 5.27. The van der Waals surface area contributed by atoms with Crippen molar-refractivity contribution in [3.05, 3.63) is 87.4 Å². The van der Waals surface area contributed by atoms with E-state index >= 15 is 0 Å². The van der Waals surface area contributed by atoms with Gasteiger partial charge in [0.05, 0.1) is 5.03 Å². The Balaban J connectivity index is 1.25. The number of carboxylic acids is 3. The van der Waals surface area contributed by atoms with E-state index in [0.717, 1.165) is 28.8 Å². The van der Waals surface area contributed by atoms with Gasteiger partial charge >= 0.3 is 17.9 Å². The molecule has 1 aromatic carbocycles. The molecule has 0 bridgehead atoms. The lowest BCUT2D eigenvalue weighted by molar-refractivity contribution is -0.691. The number of nitrogens with zero attached hydrogens (tertiary/aromatic N) is 4. The Kier molecular flexibility index (Phi) is 12.2. The Morgan fingerprint density at radius 1 is 1.12 bits per heavy atom. The van der Waals surface area contributed by atoms with Crippen LogP contribution >= 0.6 is 23.5 Å². The van der Waals surface area contributed by atoms with Crippen molar-refractivity contribution >= 4 is 76.4 Å². The molecule has 3 amide bonds. The number of anilines is 2. The molecule has 1 fully saturated rings. The molecule has 22 heteroatoms. The first-order valence-corrected chi connectivity index (χ1v) is 18.4. The van der Waals surface area contributed by atoms with Crippen molar-refractivity contribution < 1.29 is 58.6 Å². The van der Waals surface area contributed by atoms with Crippen molar-refractivity contribution in [1.82, 2.24) is 20.5 Å². The Labute approximate surface area is 326 Å². The summed E-state index contributed by atoms with van der Waals surface area (Å²) in [5.41, 5.74) is 10.0. The second-order valence-electron chi connectivity index (χ2n) is 12.6. The fraction of sp³-hybridized carbons (Fsp3) is 0.265. The molecule has 5 rings (SSSR count). The van der Waals surface area contributed by atoms with Crippen molar-refractivity contribution in [2.45, 2.75) is 37.4 Å². The molecule has 56 heavy (non-hydrogen) atoms. The van der Waals surface area contributed by atoms with Gasteiger partial charge in [0.15, 0.2) is 5.71 Å². The van der Waals surface area contributed by atoms with Gasteiger partial charge in [-0.2, -0.15) is 0 Å². The van der Waals surface area contributed by atoms with Crippen LogP contribution in [0.1, 0.15) is 34.6 Å². The highest BCUT2D eigenvalue weighted by Gasteiger charge is 2.54. The summed E-state index contributed by atoms with van der Waals surface area (Å²) in [7, 11) is 0. The van der Waals surface area contributed by atoms with Crippen LogP contribution in [0.15, 0.2) is 81.4 Å². The van der Waals surface area contributed by atoms with Gasteiger partial charge in [-0.05, 0) is 48.5 Å². The number of carbonyl (C=O) groups is 6. The molecule has 2 atom stereocenters. The lowest BCUT2D eigenvalue weighted by Gasteiger charge is -2.49. The highest BCUT2D eigenvalue weighted by molar-refractivity contribution is 8.05. The van der Waals surface area contributed by atoms with Crippen LogP contribution in [0.4, 0.5) is 11.5 Å². The number of aromatic hydroxyl groups is 1. The number of aromatic nitrogens is 2. The number of allylic oxidation sites excluding steroid dienone is 3.